The van der Waals surface area contributed by atoms with Gasteiger partial charge in [-0.05, 0) is 26.0 Å². The van der Waals surface area contributed by atoms with Crippen LogP contribution in [-0.2, 0) is 5.54 Å². The number of fused-ring (bicyclic) bond motifs is 1. The molecule has 4 heteroatoms. The Bertz CT molecular complexity index is 482. The van der Waals surface area contributed by atoms with Gasteiger partial charge in [-0.15, -0.1) is 0 Å². The van der Waals surface area contributed by atoms with Crippen molar-refractivity contribution in [3.8, 4) is 5.75 Å². The first kappa shape index (κ1) is 9.98. The molecule has 0 aliphatic carbocycles. The number of aromatic amines is 1. The molecule has 0 unspecified atom stereocenters. The highest BCUT2D eigenvalue weighted by Crippen LogP contribution is 2.25. The van der Waals surface area contributed by atoms with E-state index in [1.807, 2.05) is 32.0 Å². The number of methoxy groups -OCH3 is 1. The molecule has 80 valence electrons. The van der Waals surface area contributed by atoms with E-state index in [0.29, 0.717) is 0 Å². The number of para-hydroxylation sites is 1. The molecule has 0 fully saturated rings. The second-order valence-electron chi connectivity index (χ2n) is 4.16. The van der Waals surface area contributed by atoms with E-state index in [1.165, 1.54) is 0 Å². The van der Waals surface area contributed by atoms with Crippen molar-refractivity contribution in [2.75, 3.05) is 7.11 Å². The van der Waals surface area contributed by atoms with Crippen LogP contribution in [-0.4, -0.2) is 17.1 Å². The molecule has 1 aromatic heterocycles. The second kappa shape index (κ2) is 3.24. The van der Waals surface area contributed by atoms with E-state index in [2.05, 4.69) is 9.97 Å². The van der Waals surface area contributed by atoms with Crippen molar-refractivity contribution in [1.29, 1.82) is 0 Å². The second-order valence-corrected chi connectivity index (χ2v) is 4.16. The maximum absolute atomic E-state index is 5.98. The van der Waals surface area contributed by atoms with Crippen molar-refractivity contribution < 1.29 is 4.74 Å². The van der Waals surface area contributed by atoms with Gasteiger partial charge in [0.1, 0.15) is 17.1 Å². The number of imidazole rings is 1. The number of benzene rings is 1. The molecule has 0 atom stereocenters. The van der Waals surface area contributed by atoms with Gasteiger partial charge in [0.25, 0.3) is 0 Å². The minimum absolute atomic E-state index is 0.468. The Balaban J connectivity index is 2.65. The molecule has 0 bridgehead atoms. The highest BCUT2D eigenvalue weighted by molar-refractivity contribution is 5.81. The average Bonchev–Trinajstić information content (AvgIpc) is 2.59. The number of nitrogens with zero attached hydrogens (tertiary/aromatic N) is 1. The highest BCUT2D eigenvalue weighted by Gasteiger charge is 2.19. The van der Waals surface area contributed by atoms with Crippen LogP contribution in [0.15, 0.2) is 18.2 Å². The lowest BCUT2D eigenvalue weighted by Gasteiger charge is -2.14. The van der Waals surface area contributed by atoms with E-state index < -0.39 is 5.54 Å². The maximum Gasteiger partial charge on any atom is 0.146 e. The molecule has 0 aliphatic rings. The standard InChI is InChI=1S/C11H15N3O/c1-11(2,12)10-13-7-5-4-6-8(15-3)9(7)14-10/h4-6H,12H2,1-3H3,(H,13,14). The molecule has 1 aromatic carbocycles. The van der Waals surface area contributed by atoms with Crippen LogP contribution >= 0.6 is 0 Å². The lowest BCUT2D eigenvalue weighted by Crippen LogP contribution is -2.30. The predicted octanol–water partition coefficient (Wildman–Crippen LogP) is 1.77. The quantitative estimate of drug-likeness (QED) is 0.785. The molecule has 0 saturated carbocycles. The van der Waals surface area contributed by atoms with Crippen molar-refractivity contribution in [1.82, 2.24) is 9.97 Å². The Morgan fingerprint density at radius 3 is 2.73 bits per heavy atom. The fourth-order valence-corrected chi connectivity index (χ4v) is 1.48. The molecule has 0 aliphatic heterocycles. The summed E-state index contributed by atoms with van der Waals surface area (Å²) in [5.74, 6) is 1.53. The van der Waals surface area contributed by atoms with E-state index in [1.54, 1.807) is 7.11 Å². The Morgan fingerprint density at radius 2 is 2.13 bits per heavy atom. The van der Waals surface area contributed by atoms with Crippen LogP contribution in [0.3, 0.4) is 0 Å². The molecule has 3 N–H and O–H groups in total. The van der Waals surface area contributed by atoms with E-state index >= 15 is 0 Å². The number of ether oxygens (including phenoxy) is 1. The third-order valence-corrected chi connectivity index (χ3v) is 2.31. The summed E-state index contributed by atoms with van der Waals surface area (Å²) in [4.78, 5) is 7.64. The minimum Gasteiger partial charge on any atom is -0.494 e. The van der Waals surface area contributed by atoms with E-state index in [-0.39, 0.29) is 0 Å². The van der Waals surface area contributed by atoms with Crippen LogP contribution in [0.1, 0.15) is 19.7 Å². The fraction of sp³-hybridized carbons (Fsp3) is 0.364. The average molecular weight is 205 g/mol. The maximum atomic E-state index is 5.98. The fourth-order valence-electron chi connectivity index (χ4n) is 1.48. The van der Waals surface area contributed by atoms with Crippen molar-refractivity contribution in [2.24, 2.45) is 5.73 Å². The number of hydrogen-bond donors (Lipinski definition) is 2. The van der Waals surface area contributed by atoms with E-state index in [4.69, 9.17) is 10.5 Å². The zero-order valence-corrected chi connectivity index (χ0v) is 9.16. The predicted molar refractivity (Wildman–Crippen MR) is 59.9 cm³/mol. The van der Waals surface area contributed by atoms with Crippen LogP contribution in [0, 0.1) is 0 Å². The van der Waals surface area contributed by atoms with E-state index in [9.17, 15) is 0 Å². The highest BCUT2D eigenvalue weighted by atomic mass is 16.5. The lowest BCUT2D eigenvalue weighted by atomic mass is 10.1. The van der Waals surface area contributed by atoms with Crippen LogP contribution in [0.5, 0.6) is 5.75 Å². The van der Waals surface area contributed by atoms with Gasteiger partial charge < -0.3 is 15.5 Å². The van der Waals surface area contributed by atoms with Gasteiger partial charge in [0.05, 0.1) is 18.2 Å². The number of hydrogen-bond acceptors (Lipinski definition) is 3. The summed E-state index contributed by atoms with van der Waals surface area (Å²) in [5, 5.41) is 0. The Kier molecular flexibility index (Phi) is 2.16. The molecule has 0 radical (unpaired) electrons. The summed E-state index contributed by atoms with van der Waals surface area (Å²) in [7, 11) is 1.64. The molecule has 15 heavy (non-hydrogen) atoms. The van der Waals surface area contributed by atoms with Gasteiger partial charge >= 0.3 is 0 Å². The summed E-state index contributed by atoms with van der Waals surface area (Å²) in [6, 6.07) is 5.77. The van der Waals surface area contributed by atoms with Crippen molar-refractivity contribution >= 4 is 11.0 Å². The SMILES string of the molecule is COc1cccc2[nH]c(C(C)(C)N)nc12. The van der Waals surface area contributed by atoms with Crippen LogP contribution < -0.4 is 10.5 Å². The molecular weight excluding hydrogens is 190 g/mol. The topological polar surface area (TPSA) is 63.9 Å². The summed E-state index contributed by atoms with van der Waals surface area (Å²) in [6.07, 6.45) is 0. The molecule has 0 saturated heterocycles. The van der Waals surface area contributed by atoms with Gasteiger partial charge in [-0.25, -0.2) is 4.98 Å². The smallest absolute Gasteiger partial charge is 0.146 e. The van der Waals surface area contributed by atoms with E-state index in [0.717, 1.165) is 22.6 Å². The minimum atomic E-state index is -0.468. The summed E-state index contributed by atoms with van der Waals surface area (Å²) < 4.78 is 5.23. The number of aromatic nitrogens is 2. The van der Waals surface area contributed by atoms with Crippen molar-refractivity contribution in [3.63, 3.8) is 0 Å². The first-order valence-electron chi connectivity index (χ1n) is 4.84. The summed E-state index contributed by atoms with van der Waals surface area (Å²) in [6.45, 7) is 3.83. The summed E-state index contributed by atoms with van der Waals surface area (Å²) in [5.41, 5.74) is 7.28. The normalized spacial score (nSPS) is 12.0. The number of nitrogens with two attached hydrogens (primary N) is 1. The van der Waals surface area contributed by atoms with Gasteiger partial charge in [0, 0.05) is 0 Å². The Hall–Kier alpha value is -1.55. The van der Waals surface area contributed by atoms with Crippen LogP contribution in [0.2, 0.25) is 0 Å². The van der Waals surface area contributed by atoms with Crippen LogP contribution in [0.25, 0.3) is 11.0 Å². The number of rotatable bonds is 2. The molecule has 0 spiro atoms. The Labute approximate surface area is 88.5 Å². The van der Waals surface area contributed by atoms with Crippen LogP contribution in [0.4, 0.5) is 0 Å². The first-order chi connectivity index (χ1) is 7.02. The zero-order chi connectivity index (χ0) is 11.1. The molecule has 2 rings (SSSR count). The molecule has 1 heterocycles. The zero-order valence-electron chi connectivity index (χ0n) is 9.16. The first-order valence-corrected chi connectivity index (χ1v) is 4.84. The summed E-state index contributed by atoms with van der Waals surface area (Å²) >= 11 is 0. The monoisotopic (exact) mass is 205 g/mol. The lowest BCUT2D eigenvalue weighted by molar-refractivity contribution is 0.418. The van der Waals surface area contributed by atoms with Gasteiger partial charge in [0.2, 0.25) is 0 Å². The number of H-pyrrole nitrogens is 1. The Morgan fingerprint density at radius 1 is 1.40 bits per heavy atom. The van der Waals surface area contributed by atoms with Gasteiger partial charge in [0.15, 0.2) is 0 Å². The third-order valence-electron chi connectivity index (χ3n) is 2.31. The van der Waals surface area contributed by atoms with Gasteiger partial charge in [-0.1, -0.05) is 6.07 Å². The van der Waals surface area contributed by atoms with Gasteiger partial charge in [-0.3, -0.25) is 0 Å². The van der Waals surface area contributed by atoms with Gasteiger partial charge in [-0.2, -0.15) is 0 Å². The number of nitrogens with one attached hydrogen (secondary N) is 1. The molecule has 0 amide bonds. The molecular formula is C11H15N3O. The largest absolute Gasteiger partial charge is 0.494 e. The molecule has 4 nitrogen and oxygen atoms in total. The van der Waals surface area contributed by atoms with Crippen molar-refractivity contribution in [2.45, 2.75) is 19.4 Å². The third kappa shape index (κ3) is 1.68. The van der Waals surface area contributed by atoms with Crippen molar-refractivity contribution in [3.05, 3.63) is 24.0 Å². The molecule has 2 aromatic rings.